The van der Waals surface area contributed by atoms with E-state index in [2.05, 4.69) is 15.6 Å². The summed E-state index contributed by atoms with van der Waals surface area (Å²) < 4.78 is 0. The number of carbonyl (C=O) groups is 3. The van der Waals surface area contributed by atoms with Crippen molar-refractivity contribution in [3.05, 3.63) is 23.9 Å². The van der Waals surface area contributed by atoms with Gasteiger partial charge in [-0.15, -0.1) is 0 Å². The van der Waals surface area contributed by atoms with Gasteiger partial charge in [0.25, 0.3) is 0 Å². The van der Waals surface area contributed by atoms with E-state index in [1.165, 1.54) is 19.1 Å². The molecule has 1 heterocycles. The van der Waals surface area contributed by atoms with Gasteiger partial charge in [0.1, 0.15) is 5.82 Å². The third kappa shape index (κ3) is 7.05. The van der Waals surface area contributed by atoms with E-state index in [0.29, 0.717) is 19.4 Å². The minimum Gasteiger partial charge on any atom is -0.477 e. The Hall–Kier alpha value is -2.44. The van der Waals surface area contributed by atoms with Crippen LogP contribution >= 0.6 is 0 Å². The number of pyridine rings is 1. The molecule has 0 spiro atoms. The second kappa shape index (κ2) is 8.68. The first kappa shape index (κ1) is 16.6. The van der Waals surface area contributed by atoms with Crippen LogP contribution in [0, 0.1) is 0 Å². The van der Waals surface area contributed by atoms with Gasteiger partial charge < -0.3 is 15.7 Å². The number of nitrogens with zero attached hydrogens (tertiary/aromatic N) is 1. The monoisotopic (exact) mass is 293 g/mol. The normalized spacial score (nSPS) is 9.95. The smallest absolute Gasteiger partial charge is 0.354 e. The molecular formula is C14H19N3O4. The van der Waals surface area contributed by atoms with E-state index in [0.717, 1.165) is 12.8 Å². The number of amides is 2. The molecule has 21 heavy (non-hydrogen) atoms. The van der Waals surface area contributed by atoms with Gasteiger partial charge >= 0.3 is 5.97 Å². The average molecular weight is 293 g/mol. The van der Waals surface area contributed by atoms with Gasteiger partial charge in [-0.2, -0.15) is 0 Å². The Morgan fingerprint density at radius 2 is 1.95 bits per heavy atom. The van der Waals surface area contributed by atoms with Crippen LogP contribution in [0.25, 0.3) is 0 Å². The summed E-state index contributed by atoms with van der Waals surface area (Å²) in [6.45, 7) is 2.07. The second-order valence-electron chi connectivity index (χ2n) is 4.56. The van der Waals surface area contributed by atoms with Gasteiger partial charge in [-0.1, -0.05) is 12.5 Å². The number of nitrogens with one attached hydrogen (secondary N) is 2. The van der Waals surface area contributed by atoms with Gasteiger partial charge in [-0.05, 0) is 25.0 Å². The Bertz CT molecular complexity index is 517. The van der Waals surface area contributed by atoms with Crippen LogP contribution in [0.15, 0.2) is 18.2 Å². The topological polar surface area (TPSA) is 108 Å². The highest BCUT2D eigenvalue weighted by atomic mass is 16.4. The predicted octanol–water partition coefficient (Wildman–Crippen LogP) is 1.41. The van der Waals surface area contributed by atoms with Crippen molar-refractivity contribution in [1.29, 1.82) is 0 Å². The van der Waals surface area contributed by atoms with E-state index >= 15 is 0 Å². The molecule has 1 aromatic heterocycles. The molecule has 0 atom stereocenters. The molecular weight excluding hydrogens is 274 g/mol. The molecule has 0 saturated carbocycles. The van der Waals surface area contributed by atoms with Crippen molar-refractivity contribution in [3.63, 3.8) is 0 Å². The van der Waals surface area contributed by atoms with Crippen LogP contribution in [0.5, 0.6) is 0 Å². The summed E-state index contributed by atoms with van der Waals surface area (Å²) in [7, 11) is 0. The Morgan fingerprint density at radius 3 is 2.62 bits per heavy atom. The first-order valence-corrected chi connectivity index (χ1v) is 6.73. The number of aromatic nitrogens is 1. The number of aromatic carboxylic acids is 1. The molecule has 0 aromatic carbocycles. The Balaban J connectivity index is 2.26. The number of hydrogen-bond acceptors (Lipinski definition) is 4. The molecule has 0 aliphatic carbocycles. The predicted molar refractivity (Wildman–Crippen MR) is 77.0 cm³/mol. The molecule has 0 aliphatic heterocycles. The van der Waals surface area contributed by atoms with Crippen LogP contribution in [0.1, 0.15) is 43.1 Å². The van der Waals surface area contributed by atoms with Crippen molar-refractivity contribution >= 4 is 23.6 Å². The van der Waals surface area contributed by atoms with Gasteiger partial charge in [0, 0.05) is 19.9 Å². The lowest BCUT2D eigenvalue weighted by atomic mass is 10.2. The van der Waals surface area contributed by atoms with Crippen LogP contribution in [0.2, 0.25) is 0 Å². The SMILES string of the molecule is CC(=O)NCCCCCC(=O)Nc1cccc(C(=O)O)n1. The standard InChI is InChI=1S/C14H19N3O4/c1-10(18)15-9-4-2-3-8-13(19)17-12-7-5-6-11(16-12)14(20)21/h5-7H,2-4,8-9H2,1H3,(H,15,18)(H,20,21)(H,16,17,19). The summed E-state index contributed by atoms with van der Waals surface area (Å²) in [5.74, 6) is -1.16. The number of carbonyl (C=O) groups excluding carboxylic acids is 2. The molecule has 1 aromatic rings. The summed E-state index contributed by atoms with van der Waals surface area (Å²) >= 11 is 0. The molecule has 2 amide bonds. The first-order chi connectivity index (χ1) is 9.99. The van der Waals surface area contributed by atoms with Crippen LogP contribution in [0.4, 0.5) is 5.82 Å². The van der Waals surface area contributed by atoms with E-state index in [1.807, 2.05) is 0 Å². The number of carboxylic acid groups (broad SMARTS) is 1. The van der Waals surface area contributed by atoms with Crippen molar-refractivity contribution in [2.75, 3.05) is 11.9 Å². The van der Waals surface area contributed by atoms with Crippen molar-refractivity contribution in [2.24, 2.45) is 0 Å². The zero-order valence-electron chi connectivity index (χ0n) is 11.9. The van der Waals surface area contributed by atoms with E-state index in [-0.39, 0.29) is 23.3 Å². The largest absolute Gasteiger partial charge is 0.477 e. The molecule has 0 aliphatic rings. The summed E-state index contributed by atoms with van der Waals surface area (Å²) in [5.41, 5.74) is -0.108. The summed E-state index contributed by atoms with van der Waals surface area (Å²) in [6, 6.07) is 4.43. The Kier molecular flexibility index (Phi) is 6.86. The molecule has 7 nitrogen and oxygen atoms in total. The van der Waals surface area contributed by atoms with E-state index in [9.17, 15) is 14.4 Å². The number of anilines is 1. The highest BCUT2D eigenvalue weighted by molar-refractivity contribution is 5.91. The second-order valence-corrected chi connectivity index (χ2v) is 4.56. The lowest BCUT2D eigenvalue weighted by molar-refractivity contribution is -0.119. The molecule has 7 heteroatoms. The summed E-state index contributed by atoms with van der Waals surface area (Å²) in [4.78, 5) is 36.9. The van der Waals surface area contributed by atoms with E-state index < -0.39 is 5.97 Å². The number of carboxylic acids is 1. The van der Waals surface area contributed by atoms with Crippen LogP contribution in [-0.2, 0) is 9.59 Å². The van der Waals surface area contributed by atoms with Crippen LogP contribution in [-0.4, -0.2) is 34.4 Å². The highest BCUT2D eigenvalue weighted by Crippen LogP contribution is 2.07. The molecule has 0 bridgehead atoms. The minimum absolute atomic E-state index is 0.0582. The first-order valence-electron chi connectivity index (χ1n) is 6.73. The summed E-state index contributed by atoms with van der Waals surface area (Å²) in [5, 5.41) is 14.0. The zero-order chi connectivity index (χ0) is 15.7. The molecule has 0 saturated heterocycles. The van der Waals surface area contributed by atoms with E-state index in [1.54, 1.807) is 6.07 Å². The Morgan fingerprint density at radius 1 is 1.19 bits per heavy atom. The van der Waals surface area contributed by atoms with Crippen molar-refractivity contribution in [3.8, 4) is 0 Å². The minimum atomic E-state index is -1.14. The van der Waals surface area contributed by atoms with Crippen LogP contribution in [0.3, 0.4) is 0 Å². The lowest BCUT2D eigenvalue weighted by Gasteiger charge is -2.05. The molecule has 1 rings (SSSR count). The number of rotatable bonds is 8. The fourth-order valence-electron chi connectivity index (χ4n) is 1.68. The molecule has 0 unspecified atom stereocenters. The average Bonchev–Trinajstić information content (AvgIpc) is 2.42. The summed E-state index contributed by atoms with van der Waals surface area (Å²) in [6.07, 6.45) is 2.68. The quantitative estimate of drug-likeness (QED) is 0.628. The van der Waals surface area contributed by atoms with Gasteiger partial charge in [0.15, 0.2) is 5.69 Å². The molecule has 0 fully saturated rings. The van der Waals surface area contributed by atoms with E-state index in [4.69, 9.17) is 5.11 Å². The molecule has 114 valence electrons. The third-order valence-electron chi connectivity index (χ3n) is 2.69. The van der Waals surface area contributed by atoms with Crippen molar-refractivity contribution < 1.29 is 19.5 Å². The van der Waals surface area contributed by atoms with Crippen molar-refractivity contribution in [2.45, 2.75) is 32.6 Å². The maximum atomic E-state index is 11.7. The fraction of sp³-hybridized carbons (Fsp3) is 0.429. The molecule has 0 radical (unpaired) electrons. The maximum Gasteiger partial charge on any atom is 0.354 e. The maximum absolute atomic E-state index is 11.7. The zero-order valence-corrected chi connectivity index (χ0v) is 11.9. The van der Waals surface area contributed by atoms with Gasteiger partial charge in [-0.25, -0.2) is 9.78 Å². The third-order valence-corrected chi connectivity index (χ3v) is 2.69. The number of hydrogen-bond donors (Lipinski definition) is 3. The van der Waals surface area contributed by atoms with Gasteiger partial charge in [0.05, 0.1) is 0 Å². The lowest BCUT2D eigenvalue weighted by Crippen LogP contribution is -2.20. The van der Waals surface area contributed by atoms with Gasteiger partial charge in [-0.3, -0.25) is 9.59 Å². The highest BCUT2D eigenvalue weighted by Gasteiger charge is 2.07. The molecule has 3 N–H and O–H groups in total. The Labute approximate surface area is 122 Å². The van der Waals surface area contributed by atoms with Crippen molar-refractivity contribution in [1.82, 2.24) is 10.3 Å². The fourth-order valence-corrected chi connectivity index (χ4v) is 1.68. The van der Waals surface area contributed by atoms with Gasteiger partial charge in [0.2, 0.25) is 11.8 Å². The van der Waals surface area contributed by atoms with Crippen LogP contribution < -0.4 is 10.6 Å². The number of unbranched alkanes of at least 4 members (excludes halogenated alkanes) is 2.